The monoisotopic (exact) mass is 227 g/mol. The van der Waals surface area contributed by atoms with Gasteiger partial charge in [-0.3, -0.25) is 0 Å². The second kappa shape index (κ2) is 4.86. The van der Waals surface area contributed by atoms with Gasteiger partial charge >= 0.3 is 0 Å². The lowest BCUT2D eigenvalue weighted by atomic mass is 10.0. The fourth-order valence-electron chi connectivity index (χ4n) is 2.04. The van der Waals surface area contributed by atoms with Crippen molar-refractivity contribution < 1.29 is 4.74 Å². The number of hydrogen-bond acceptors (Lipinski definition) is 4. The van der Waals surface area contributed by atoms with E-state index in [1.807, 2.05) is 13.0 Å². The van der Waals surface area contributed by atoms with Crippen LogP contribution in [0.4, 0.5) is 5.69 Å². The van der Waals surface area contributed by atoms with Crippen molar-refractivity contribution in [2.75, 3.05) is 31.2 Å². The zero-order valence-corrected chi connectivity index (χ0v) is 9.73. The van der Waals surface area contributed by atoms with Crippen LogP contribution in [-0.4, -0.2) is 26.3 Å². The van der Waals surface area contributed by atoms with Gasteiger partial charge in [-0.1, -0.05) is 6.07 Å². The molecule has 4 heteroatoms. The minimum absolute atomic E-state index is 0.564. The van der Waals surface area contributed by atoms with Gasteiger partial charge in [0.05, 0.1) is 30.0 Å². The summed E-state index contributed by atoms with van der Waals surface area (Å²) in [6.07, 6.45) is 0. The summed E-state index contributed by atoms with van der Waals surface area (Å²) >= 11 is 0. The van der Waals surface area contributed by atoms with Crippen LogP contribution in [0.3, 0.4) is 0 Å². The van der Waals surface area contributed by atoms with Gasteiger partial charge in [-0.15, -0.1) is 0 Å². The summed E-state index contributed by atoms with van der Waals surface area (Å²) in [5, 5.41) is 18.4. The van der Waals surface area contributed by atoms with E-state index in [0.29, 0.717) is 24.3 Å². The largest absolute Gasteiger partial charge is 0.378 e. The van der Waals surface area contributed by atoms with Gasteiger partial charge in [0.1, 0.15) is 12.1 Å². The predicted octanol–water partition coefficient (Wildman–Crippen LogP) is 1.57. The van der Waals surface area contributed by atoms with Crippen LogP contribution in [0.15, 0.2) is 12.1 Å². The van der Waals surface area contributed by atoms with Gasteiger partial charge in [-0.05, 0) is 18.6 Å². The molecule has 1 aromatic carbocycles. The molecule has 0 atom stereocenters. The van der Waals surface area contributed by atoms with Crippen molar-refractivity contribution in [2.24, 2.45) is 0 Å². The number of ether oxygens (including phenoxy) is 1. The molecular weight excluding hydrogens is 214 g/mol. The average molecular weight is 227 g/mol. The van der Waals surface area contributed by atoms with Crippen molar-refractivity contribution in [1.29, 1.82) is 10.5 Å². The van der Waals surface area contributed by atoms with Gasteiger partial charge in [0.2, 0.25) is 0 Å². The molecular formula is C13H13N3O. The Labute approximate surface area is 101 Å². The number of aryl methyl sites for hydroxylation is 1. The van der Waals surface area contributed by atoms with E-state index in [1.54, 1.807) is 6.07 Å². The van der Waals surface area contributed by atoms with E-state index in [-0.39, 0.29) is 0 Å². The molecule has 17 heavy (non-hydrogen) atoms. The molecule has 0 unspecified atom stereocenters. The molecule has 1 aromatic rings. The lowest BCUT2D eigenvalue weighted by Gasteiger charge is -2.30. The zero-order valence-electron chi connectivity index (χ0n) is 9.73. The SMILES string of the molecule is Cc1ccc(C#N)c(N2CCOCC2)c1C#N. The number of nitriles is 2. The Bertz CT molecular complexity index is 505. The van der Waals surface area contributed by atoms with E-state index < -0.39 is 0 Å². The lowest BCUT2D eigenvalue weighted by molar-refractivity contribution is 0.122. The fourth-order valence-corrected chi connectivity index (χ4v) is 2.04. The average Bonchev–Trinajstić information content (AvgIpc) is 2.39. The number of nitrogens with zero attached hydrogens (tertiary/aromatic N) is 3. The Morgan fingerprint density at radius 2 is 1.88 bits per heavy atom. The molecule has 0 aliphatic carbocycles. The first-order valence-corrected chi connectivity index (χ1v) is 5.54. The molecule has 0 aromatic heterocycles. The highest BCUT2D eigenvalue weighted by Gasteiger charge is 2.19. The number of morpholine rings is 1. The molecule has 4 nitrogen and oxygen atoms in total. The smallest absolute Gasteiger partial charge is 0.102 e. The van der Waals surface area contributed by atoms with Gasteiger partial charge in [0.15, 0.2) is 0 Å². The van der Waals surface area contributed by atoms with Crippen LogP contribution in [0.25, 0.3) is 0 Å². The Balaban J connectivity index is 2.53. The maximum Gasteiger partial charge on any atom is 0.102 e. The summed E-state index contributed by atoms with van der Waals surface area (Å²) in [5.41, 5.74) is 2.84. The quantitative estimate of drug-likeness (QED) is 0.730. The maximum atomic E-state index is 9.23. The first-order chi connectivity index (χ1) is 8.27. The summed E-state index contributed by atoms with van der Waals surface area (Å²) < 4.78 is 5.29. The highest BCUT2D eigenvalue weighted by Crippen LogP contribution is 2.28. The molecule has 1 saturated heterocycles. The first kappa shape index (κ1) is 11.4. The number of hydrogen-bond donors (Lipinski definition) is 0. The molecule has 1 heterocycles. The van der Waals surface area contributed by atoms with E-state index in [0.717, 1.165) is 24.3 Å². The van der Waals surface area contributed by atoms with Crippen LogP contribution >= 0.6 is 0 Å². The first-order valence-electron chi connectivity index (χ1n) is 5.54. The van der Waals surface area contributed by atoms with Crippen LogP contribution in [0.1, 0.15) is 16.7 Å². The highest BCUT2D eigenvalue weighted by molar-refractivity contribution is 5.70. The zero-order chi connectivity index (χ0) is 12.3. The number of anilines is 1. The molecule has 1 aliphatic heterocycles. The maximum absolute atomic E-state index is 9.23. The van der Waals surface area contributed by atoms with Crippen molar-refractivity contribution in [3.05, 3.63) is 28.8 Å². The Morgan fingerprint density at radius 3 is 2.47 bits per heavy atom. The van der Waals surface area contributed by atoms with E-state index in [9.17, 15) is 5.26 Å². The topological polar surface area (TPSA) is 60.1 Å². The van der Waals surface area contributed by atoms with Crippen LogP contribution in [0.5, 0.6) is 0 Å². The second-order valence-corrected chi connectivity index (χ2v) is 3.98. The third kappa shape index (κ3) is 2.08. The molecule has 0 N–H and O–H groups in total. The lowest BCUT2D eigenvalue weighted by Crippen LogP contribution is -2.37. The second-order valence-electron chi connectivity index (χ2n) is 3.98. The van der Waals surface area contributed by atoms with Crippen LogP contribution in [0.2, 0.25) is 0 Å². The minimum Gasteiger partial charge on any atom is -0.378 e. The van der Waals surface area contributed by atoms with Crippen LogP contribution < -0.4 is 4.90 Å². The van der Waals surface area contributed by atoms with Crippen molar-refractivity contribution >= 4 is 5.69 Å². The molecule has 0 amide bonds. The predicted molar refractivity (Wildman–Crippen MR) is 63.6 cm³/mol. The molecule has 1 fully saturated rings. The van der Waals surface area contributed by atoms with Gasteiger partial charge in [0, 0.05) is 13.1 Å². The van der Waals surface area contributed by atoms with Crippen molar-refractivity contribution in [1.82, 2.24) is 0 Å². The molecule has 1 aliphatic rings. The summed E-state index contributed by atoms with van der Waals surface area (Å²) in [6.45, 7) is 4.64. The summed E-state index contributed by atoms with van der Waals surface area (Å²) in [4.78, 5) is 2.06. The van der Waals surface area contributed by atoms with Gasteiger partial charge in [0.25, 0.3) is 0 Å². The van der Waals surface area contributed by atoms with Crippen LogP contribution in [-0.2, 0) is 4.74 Å². The van der Waals surface area contributed by atoms with Gasteiger partial charge < -0.3 is 9.64 Å². The Hall–Kier alpha value is -2.04. The molecule has 0 spiro atoms. The molecule has 86 valence electrons. The fraction of sp³-hybridized carbons (Fsp3) is 0.385. The summed E-state index contributed by atoms with van der Waals surface area (Å²) in [5.74, 6) is 0. The molecule has 0 bridgehead atoms. The van der Waals surface area contributed by atoms with E-state index in [1.165, 1.54) is 0 Å². The summed E-state index contributed by atoms with van der Waals surface area (Å²) in [6, 6.07) is 7.96. The van der Waals surface area contributed by atoms with Crippen molar-refractivity contribution in [3.63, 3.8) is 0 Å². The van der Waals surface area contributed by atoms with Crippen molar-refractivity contribution in [3.8, 4) is 12.1 Å². The number of benzene rings is 1. The third-order valence-electron chi connectivity index (χ3n) is 2.95. The summed E-state index contributed by atoms with van der Waals surface area (Å²) in [7, 11) is 0. The van der Waals surface area contributed by atoms with Gasteiger partial charge in [-0.25, -0.2) is 0 Å². The third-order valence-corrected chi connectivity index (χ3v) is 2.95. The minimum atomic E-state index is 0.564. The molecule has 0 radical (unpaired) electrons. The Morgan fingerprint density at radius 1 is 1.18 bits per heavy atom. The van der Waals surface area contributed by atoms with Crippen molar-refractivity contribution in [2.45, 2.75) is 6.92 Å². The highest BCUT2D eigenvalue weighted by atomic mass is 16.5. The van der Waals surface area contributed by atoms with Gasteiger partial charge in [-0.2, -0.15) is 10.5 Å². The molecule has 0 saturated carbocycles. The van der Waals surface area contributed by atoms with Crippen LogP contribution in [0, 0.1) is 29.6 Å². The molecule has 2 rings (SSSR count). The standard InChI is InChI=1S/C13H13N3O/c1-10-2-3-11(8-14)13(12(10)9-15)16-4-6-17-7-5-16/h2-3H,4-7H2,1H3. The van der Waals surface area contributed by atoms with E-state index in [2.05, 4.69) is 17.0 Å². The Kier molecular flexibility index (Phi) is 3.27. The van der Waals surface area contributed by atoms with E-state index in [4.69, 9.17) is 10.00 Å². The normalized spacial score (nSPS) is 15.1. The number of rotatable bonds is 1. The van der Waals surface area contributed by atoms with E-state index >= 15 is 0 Å².